The van der Waals surface area contributed by atoms with Crippen LogP contribution in [0.15, 0.2) is 9.98 Å². The topological polar surface area (TPSA) is 82.2 Å². The number of rotatable bonds is 3. The van der Waals surface area contributed by atoms with Gasteiger partial charge in [-0.25, -0.2) is 9.79 Å². The third-order valence-electron chi connectivity index (χ3n) is 1.33. The van der Waals surface area contributed by atoms with E-state index in [1.54, 1.807) is 0 Å². The summed E-state index contributed by atoms with van der Waals surface area (Å²) in [6, 6.07) is -0.277. The number of aliphatic hydroxyl groups is 1. The van der Waals surface area contributed by atoms with E-state index < -0.39 is 12.1 Å². The average Bonchev–Trinajstić information content (AvgIpc) is 2.39. The molecule has 0 aromatic carbocycles. The number of hydrogen-bond acceptors (Lipinski definition) is 4. The summed E-state index contributed by atoms with van der Waals surface area (Å²) in [4.78, 5) is 17.6. The summed E-state index contributed by atoms with van der Waals surface area (Å²) in [7, 11) is 0. The molecular weight excluding hydrogens is 148 g/mol. The Morgan fingerprint density at radius 2 is 2.45 bits per heavy atom. The second-order valence-corrected chi connectivity index (χ2v) is 2.22. The number of carboxylic acid groups (broad SMARTS) is 1. The van der Waals surface area contributed by atoms with Gasteiger partial charge < -0.3 is 10.2 Å². The lowest BCUT2D eigenvalue weighted by atomic mass is 10.1. The van der Waals surface area contributed by atoms with E-state index in [1.165, 1.54) is 12.6 Å². The number of aliphatic hydroxyl groups excluding tert-OH is 1. The van der Waals surface area contributed by atoms with Crippen molar-refractivity contribution in [3.05, 3.63) is 0 Å². The number of aliphatic carboxylic acids is 1. The normalized spacial score (nSPS) is 23.9. The first-order valence-corrected chi connectivity index (χ1v) is 3.16. The largest absolute Gasteiger partial charge is 0.479 e. The first kappa shape index (κ1) is 7.87. The highest BCUT2D eigenvalue weighted by Crippen LogP contribution is 2.03. The van der Waals surface area contributed by atoms with E-state index in [0.717, 1.165) is 0 Å². The molecule has 0 aromatic heterocycles. The zero-order valence-corrected chi connectivity index (χ0v) is 5.71. The summed E-state index contributed by atoms with van der Waals surface area (Å²) in [5.74, 6) is -1.22. The molecule has 2 atom stereocenters. The Hall–Kier alpha value is -1.23. The minimum atomic E-state index is -1.35. The fourth-order valence-corrected chi connectivity index (χ4v) is 0.752. The van der Waals surface area contributed by atoms with E-state index in [-0.39, 0.29) is 12.5 Å². The van der Waals surface area contributed by atoms with E-state index in [2.05, 4.69) is 9.98 Å². The molecule has 0 saturated heterocycles. The number of carbonyl (C=O) groups is 1. The molecule has 0 fully saturated rings. The minimum Gasteiger partial charge on any atom is -0.479 e. The summed E-state index contributed by atoms with van der Waals surface area (Å²) in [5.41, 5.74) is 0. The molecule has 5 nitrogen and oxygen atoms in total. The van der Waals surface area contributed by atoms with Gasteiger partial charge in [0, 0.05) is 12.6 Å². The second-order valence-electron chi connectivity index (χ2n) is 2.22. The third kappa shape index (κ3) is 2.12. The van der Waals surface area contributed by atoms with Crippen molar-refractivity contribution >= 4 is 18.5 Å². The Balaban J connectivity index is 2.36. The molecular formula is C6H8N2O3. The van der Waals surface area contributed by atoms with Crippen molar-refractivity contribution < 1.29 is 15.0 Å². The van der Waals surface area contributed by atoms with Crippen molar-refractivity contribution in [3.8, 4) is 0 Å². The van der Waals surface area contributed by atoms with Crippen molar-refractivity contribution in [2.24, 2.45) is 9.98 Å². The summed E-state index contributed by atoms with van der Waals surface area (Å²) < 4.78 is 0. The summed E-state index contributed by atoms with van der Waals surface area (Å²) in [5, 5.41) is 17.1. The van der Waals surface area contributed by atoms with Gasteiger partial charge in [-0.3, -0.25) is 4.99 Å². The smallest absolute Gasteiger partial charge is 0.332 e. The van der Waals surface area contributed by atoms with Crippen LogP contribution in [0.3, 0.4) is 0 Å². The molecule has 11 heavy (non-hydrogen) atoms. The molecule has 0 aromatic rings. The quantitative estimate of drug-likeness (QED) is 0.567. The highest BCUT2D eigenvalue weighted by atomic mass is 16.4. The van der Waals surface area contributed by atoms with Crippen LogP contribution >= 0.6 is 0 Å². The van der Waals surface area contributed by atoms with Gasteiger partial charge in [-0.15, -0.1) is 0 Å². The Morgan fingerprint density at radius 1 is 1.73 bits per heavy atom. The van der Waals surface area contributed by atoms with Crippen molar-refractivity contribution in [2.45, 2.75) is 18.6 Å². The van der Waals surface area contributed by atoms with Crippen LogP contribution in [-0.2, 0) is 4.79 Å². The van der Waals surface area contributed by atoms with Gasteiger partial charge in [0.2, 0.25) is 0 Å². The molecule has 1 aliphatic rings. The van der Waals surface area contributed by atoms with Gasteiger partial charge in [-0.05, 0) is 0 Å². The molecule has 1 rings (SSSR count). The molecule has 0 bridgehead atoms. The lowest BCUT2D eigenvalue weighted by molar-refractivity contribution is -0.146. The van der Waals surface area contributed by atoms with Crippen LogP contribution in [-0.4, -0.2) is 40.9 Å². The standard InChI is InChI=1S/C6H8N2O3/c9-5(6(10)11)1-4-2-7-3-8-4/h2-5,9H,1H2,(H,10,11)/t4-,5+/m1/s1. The van der Waals surface area contributed by atoms with Gasteiger partial charge >= 0.3 is 5.97 Å². The Kier molecular flexibility index (Phi) is 2.32. The van der Waals surface area contributed by atoms with Gasteiger partial charge in [0.1, 0.15) is 6.34 Å². The van der Waals surface area contributed by atoms with Gasteiger partial charge in [-0.2, -0.15) is 0 Å². The summed E-state index contributed by atoms with van der Waals surface area (Å²) in [6.07, 6.45) is 1.60. The van der Waals surface area contributed by atoms with Crippen LogP contribution in [0.2, 0.25) is 0 Å². The van der Waals surface area contributed by atoms with Crippen LogP contribution in [0.1, 0.15) is 6.42 Å². The van der Waals surface area contributed by atoms with Crippen LogP contribution < -0.4 is 0 Å². The van der Waals surface area contributed by atoms with Gasteiger partial charge in [0.05, 0.1) is 6.04 Å². The average molecular weight is 156 g/mol. The molecule has 0 saturated carbocycles. The maximum atomic E-state index is 10.1. The minimum absolute atomic E-state index is 0.0926. The van der Waals surface area contributed by atoms with Crippen molar-refractivity contribution in [2.75, 3.05) is 0 Å². The monoisotopic (exact) mass is 156 g/mol. The number of carboxylic acids is 1. The zero-order chi connectivity index (χ0) is 8.27. The maximum absolute atomic E-state index is 10.1. The summed E-state index contributed by atoms with van der Waals surface area (Å²) in [6.45, 7) is 0. The van der Waals surface area contributed by atoms with Crippen molar-refractivity contribution in [3.63, 3.8) is 0 Å². The Morgan fingerprint density at radius 3 is 2.91 bits per heavy atom. The van der Waals surface area contributed by atoms with E-state index in [1.807, 2.05) is 0 Å². The van der Waals surface area contributed by atoms with Crippen molar-refractivity contribution in [1.82, 2.24) is 0 Å². The third-order valence-corrected chi connectivity index (χ3v) is 1.33. The molecule has 0 amide bonds. The molecule has 2 N–H and O–H groups in total. The highest BCUT2D eigenvalue weighted by molar-refractivity contribution is 5.83. The fourth-order valence-electron chi connectivity index (χ4n) is 0.752. The molecule has 60 valence electrons. The van der Waals surface area contributed by atoms with E-state index in [4.69, 9.17) is 10.2 Å². The van der Waals surface area contributed by atoms with Crippen LogP contribution in [0.4, 0.5) is 0 Å². The van der Waals surface area contributed by atoms with Gasteiger partial charge in [-0.1, -0.05) is 0 Å². The SMILES string of the molecule is O=C(O)[C@@H](O)C[C@@H]1C=NC=N1. The second kappa shape index (κ2) is 3.25. The highest BCUT2D eigenvalue weighted by Gasteiger charge is 2.18. The first-order valence-electron chi connectivity index (χ1n) is 3.16. The Bertz CT molecular complexity index is 200. The van der Waals surface area contributed by atoms with E-state index >= 15 is 0 Å². The van der Waals surface area contributed by atoms with Crippen LogP contribution in [0.5, 0.6) is 0 Å². The first-order chi connectivity index (χ1) is 5.20. The van der Waals surface area contributed by atoms with Gasteiger partial charge in [0.15, 0.2) is 6.10 Å². The molecule has 0 unspecified atom stereocenters. The van der Waals surface area contributed by atoms with Gasteiger partial charge in [0.25, 0.3) is 0 Å². The molecule has 1 aliphatic heterocycles. The summed E-state index contributed by atoms with van der Waals surface area (Å²) >= 11 is 0. The van der Waals surface area contributed by atoms with E-state index in [0.29, 0.717) is 0 Å². The zero-order valence-electron chi connectivity index (χ0n) is 5.71. The molecule has 1 heterocycles. The molecule has 0 spiro atoms. The number of aliphatic imine (C=N–C) groups is 2. The lowest BCUT2D eigenvalue weighted by Gasteiger charge is -2.05. The maximum Gasteiger partial charge on any atom is 0.332 e. The van der Waals surface area contributed by atoms with Crippen LogP contribution in [0.25, 0.3) is 0 Å². The van der Waals surface area contributed by atoms with E-state index in [9.17, 15) is 4.79 Å². The molecule has 0 aliphatic carbocycles. The Labute approximate surface area is 63.1 Å². The fraction of sp³-hybridized carbons (Fsp3) is 0.500. The van der Waals surface area contributed by atoms with Crippen molar-refractivity contribution in [1.29, 1.82) is 0 Å². The molecule has 5 heteroatoms. The number of hydrogen-bond donors (Lipinski definition) is 2. The number of nitrogens with zero attached hydrogens (tertiary/aromatic N) is 2. The lowest BCUT2D eigenvalue weighted by Crippen LogP contribution is -2.24. The predicted molar refractivity (Wildman–Crippen MR) is 39.0 cm³/mol. The van der Waals surface area contributed by atoms with Crippen LogP contribution in [0, 0.1) is 0 Å². The predicted octanol–water partition coefficient (Wildman–Crippen LogP) is -0.697. The molecule has 0 radical (unpaired) electrons.